The molecule has 2 amide bonds. The number of thiazole rings is 1. The minimum Gasteiger partial charge on any atom is -0.477 e. The molecule has 1 saturated heterocycles. The summed E-state index contributed by atoms with van der Waals surface area (Å²) in [7, 11) is 0. The van der Waals surface area contributed by atoms with Crippen LogP contribution in [-0.2, 0) is 17.5 Å². The summed E-state index contributed by atoms with van der Waals surface area (Å²) in [4.78, 5) is 52.1. The number of urea groups is 1. The molecule has 12 nitrogen and oxygen atoms in total. The molecule has 5 rings (SSSR count). The first-order chi connectivity index (χ1) is 21.0. The number of pyridine rings is 3. The molecular formula is C28H26F3N7O5S. The van der Waals surface area contributed by atoms with Gasteiger partial charge in [0.1, 0.15) is 16.4 Å². The third-order valence-corrected chi connectivity index (χ3v) is 7.69. The van der Waals surface area contributed by atoms with Crippen molar-refractivity contribution in [2.24, 2.45) is 0 Å². The Morgan fingerprint density at radius 1 is 1.14 bits per heavy atom. The molecule has 4 aromatic heterocycles. The van der Waals surface area contributed by atoms with Gasteiger partial charge < -0.3 is 19.7 Å². The first kappa shape index (κ1) is 30.8. The number of morpholine rings is 1. The summed E-state index contributed by atoms with van der Waals surface area (Å²) in [5.41, 5.74) is -1.36. The molecule has 16 heteroatoms. The number of carbonyl (C=O) groups excluding carboxylic acids is 1. The number of aromatic nitrogens is 4. The summed E-state index contributed by atoms with van der Waals surface area (Å²) in [6.07, 6.45) is 0.772. The van der Waals surface area contributed by atoms with E-state index in [2.05, 4.69) is 37.1 Å². The summed E-state index contributed by atoms with van der Waals surface area (Å²) in [5.74, 6) is -1.38. The van der Waals surface area contributed by atoms with E-state index in [1.54, 1.807) is 4.57 Å². The van der Waals surface area contributed by atoms with E-state index in [1.807, 2.05) is 0 Å². The number of amides is 2. The standard InChI is InChI=1S/C28H26F3N7O5S/c1-2-3-32-27(42)36-23-11-16(25-35-22(15-44-25)28(29,30)31)18(12-34-23)20-10-17-21(13-33-20)38(14-19(24(17)39)26(40)41)5-4-37-6-8-43-9-7-37/h2,10-15H,1,3-9H2,(H,40,41)(H2,32,34,36,42). The van der Waals surface area contributed by atoms with Crippen molar-refractivity contribution >= 4 is 40.1 Å². The Morgan fingerprint density at radius 2 is 1.91 bits per heavy atom. The number of carbonyl (C=O) groups is 2. The van der Waals surface area contributed by atoms with Crippen LogP contribution in [0.3, 0.4) is 0 Å². The second kappa shape index (κ2) is 12.9. The molecule has 0 aliphatic carbocycles. The Labute approximate surface area is 251 Å². The lowest BCUT2D eigenvalue weighted by Crippen LogP contribution is -2.38. The maximum atomic E-state index is 13.4. The smallest absolute Gasteiger partial charge is 0.434 e. The molecule has 0 radical (unpaired) electrons. The summed E-state index contributed by atoms with van der Waals surface area (Å²) in [5, 5.41) is 15.7. The molecule has 4 aromatic rings. The van der Waals surface area contributed by atoms with Crippen LogP contribution >= 0.6 is 11.3 Å². The summed E-state index contributed by atoms with van der Waals surface area (Å²) < 4.78 is 47.2. The van der Waals surface area contributed by atoms with Gasteiger partial charge >= 0.3 is 18.2 Å². The van der Waals surface area contributed by atoms with E-state index in [-0.39, 0.29) is 39.6 Å². The monoisotopic (exact) mass is 629 g/mol. The highest BCUT2D eigenvalue weighted by Gasteiger charge is 2.34. The molecule has 1 aliphatic heterocycles. The van der Waals surface area contributed by atoms with E-state index < -0.39 is 34.9 Å². The number of carboxylic acids is 1. The normalized spacial score (nSPS) is 14.0. The van der Waals surface area contributed by atoms with Crippen molar-refractivity contribution in [3.63, 3.8) is 0 Å². The van der Waals surface area contributed by atoms with Gasteiger partial charge in [-0.1, -0.05) is 6.08 Å². The molecule has 230 valence electrons. The third-order valence-electron chi connectivity index (χ3n) is 6.81. The predicted octanol–water partition coefficient (Wildman–Crippen LogP) is 3.94. The highest BCUT2D eigenvalue weighted by molar-refractivity contribution is 7.13. The number of halogens is 3. The number of carboxylic acid groups (broad SMARTS) is 1. The van der Waals surface area contributed by atoms with E-state index in [4.69, 9.17) is 4.74 Å². The molecule has 3 N–H and O–H groups in total. The van der Waals surface area contributed by atoms with Crippen LogP contribution in [-0.4, -0.2) is 80.9 Å². The van der Waals surface area contributed by atoms with Crippen LogP contribution < -0.4 is 16.1 Å². The van der Waals surface area contributed by atoms with Crippen molar-refractivity contribution in [1.29, 1.82) is 0 Å². The molecule has 0 saturated carbocycles. The van der Waals surface area contributed by atoms with Crippen LogP contribution in [0.15, 0.2) is 53.6 Å². The topological polar surface area (TPSA) is 152 Å². The molecule has 1 aliphatic rings. The number of nitrogens with one attached hydrogen (secondary N) is 2. The van der Waals surface area contributed by atoms with Crippen LogP contribution in [0.5, 0.6) is 0 Å². The molecule has 0 atom stereocenters. The zero-order valence-corrected chi connectivity index (χ0v) is 23.9. The number of hydrogen-bond acceptors (Lipinski definition) is 9. The fourth-order valence-corrected chi connectivity index (χ4v) is 5.46. The highest BCUT2D eigenvalue weighted by atomic mass is 32.1. The number of ether oxygens (including phenoxy) is 1. The first-order valence-electron chi connectivity index (χ1n) is 13.3. The first-order valence-corrected chi connectivity index (χ1v) is 14.2. The average molecular weight is 630 g/mol. The van der Waals surface area contributed by atoms with Gasteiger partial charge in [-0.25, -0.2) is 19.6 Å². The van der Waals surface area contributed by atoms with Crippen LogP contribution in [0.4, 0.5) is 23.8 Å². The Morgan fingerprint density at radius 3 is 2.59 bits per heavy atom. The SMILES string of the molecule is C=CCNC(=O)Nc1cc(-c2nc(C(F)(F)F)cs2)c(-c2cc3c(=O)c(C(=O)O)cn(CCN4CCOCC4)c3cn2)cn1. The Hall–Kier alpha value is -4.67. The van der Waals surface area contributed by atoms with Gasteiger partial charge in [0.05, 0.1) is 36.0 Å². The summed E-state index contributed by atoms with van der Waals surface area (Å²) >= 11 is 0.730. The van der Waals surface area contributed by atoms with Crippen molar-refractivity contribution < 1.29 is 32.6 Å². The number of anilines is 1. The van der Waals surface area contributed by atoms with Crippen molar-refractivity contribution in [2.45, 2.75) is 12.7 Å². The molecule has 44 heavy (non-hydrogen) atoms. The van der Waals surface area contributed by atoms with E-state index in [1.165, 1.54) is 36.8 Å². The van der Waals surface area contributed by atoms with Gasteiger partial charge in [-0.05, 0) is 12.1 Å². The fraction of sp³-hybridized carbons (Fsp3) is 0.286. The quantitative estimate of drug-likeness (QED) is 0.234. The van der Waals surface area contributed by atoms with Gasteiger partial charge in [0.2, 0.25) is 5.43 Å². The average Bonchev–Trinajstić information content (AvgIpc) is 3.51. The molecule has 0 aromatic carbocycles. The third kappa shape index (κ3) is 6.77. The molecular weight excluding hydrogens is 603 g/mol. The number of hydrogen-bond donors (Lipinski definition) is 3. The molecule has 0 bridgehead atoms. The largest absolute Gasteiger partial charge is 0.477 e. The number of rotatable bonds is 9. The number of fused-ring (bicyclic) bond motifs is 1. The molecule has 5 heterocycles. The van der Waals surface area contributed by atoms with Crippen molar-refractivity contribution in [1.82, 2.24) is 29.7 Å². The molecule has 0 unspecified atom stereocenters. The van der Waals surface area contributed by atoms with Crippen LogP contribution in [0.2, 0.25) is 0 Å². The predicted molar refractivity (Wildman–Crippen MR) is 157 cm³/mol. The lowest BCUT2D eigenvalue weighted by atomic mass is 10.0. The second-order valence-corrected chi connectivity index (χ2v) is 10.5. The van der Waals surface area contributed by atoms with Crippen molar-refractivity contribution in [3.05, 3.63) is 70.2 Å². The van der Waals surface area contributed by atoms with Gasteiger partial charge in [-0.2, -0.15) is 13.2 Å². The van der Waals surface area contributed by atoms with E-state index in [9.17, 15) is 32.7 Å². The zero-order valence-electron chi connectivity index (χ0n) is 23.1. The summed E-state index contributed by atoms with van der Waals surface area (Å²) in [6.45, 7) is 7.25. The van der Waals surface area contributed by atoms with Gasteiger partial charge in [0, 0.05) is 61.6 Å². The Bertz CT molecular complexity index is 1780. The van der Waals surface area contributed by atoms with E-state index >= 15 is 0 Å². The van der Waals surface area contributed by atoms with E-state index in [0.717, 1.165) is 29.8 Å². The minimum absolute atomic E-state index is 0.0218. The lowest BCUT2D eigenvalue weighted by molar-refractivity contribution is -0.140. The van der Waals surface area contributed by atoms with Gasteiger partial charge in [0.25, 0.3) is 0 Å². The number of aromatic carboxylic acids is 1. The summed E-state index contributed by atoms with van der Waals surface area (Å²) in [6, 6.07) is 2.12. The molecule has 1 fully saturated rings. The van der Waals surface area contributed by atoms with Crippen molar-refractivity contribution in [2.75, 3.05) is 44.7 Å². The lowest BCUT2D eigenvalue weighted by Gasteiger charge is -2.27. The van der Waals surface area contributed by atoms with Gasteiger partial charge in [0.15, 0.2) is 5.69 Å². The maximum absolute atomic E-state index is 13.4. The molecule has 0 spiro atoms. The highest BCUT2D eigenvalue weighted by Crippen LogP contribution is 2.38. The van der Waals surface area contributed by atoms with Crippen molar-refractivity contribution in [3.8, 4) is 21.8 Å². The van der Waals surface area contributed by atoms with Gasteiger partial charge in [-0.3, -0.25) is 20.0 Å². The van der Waals surface area contributed by atoms with E-state index in [0.29, 0.717) is 31.8 Å². The number of alkyl halides is 3. The van der Waals surface area contributed by atoms with Crippen LogP contribution in [0.1, 0.15) is 16.1 Å². The second-order valence-electron chi connectivity index (χ2n) is 9.69. The zero-order chi connectivity index (χ0) is 31.4. The van der Waals surface area contributed by atoms with Crippen LogP contribution in [0, 0.1) is 0 Å². The number of nitrogens with zero attached hydrogens (tertiary/aromatic N) is 5. The fourth-order valence-electron chi connectivity index (χ4n) is 4.60. The van der Waals surface area contributed by atoms with Crippen LogP contribution in [0.25, 0.3) is 32.7 Å². The maximum Gasteiger partial charge on any atom is 0.434 e. The van der Waals surface area contributed by atoms with Gasteiger partial charge in [-0.15, -0.1) is 17.9 Å². The minimum atomic E-state index is -4.69. The Balaban J connectivity index is 1.60. The Kier molecular flexibility index (Phi) is 9.03.